The van der Waals surface area contributed by atoms with Gasteiger partial charge in [-0.3, -0.25) is 24.5 Å². The maximum absolute atomic E-state index is 13.3. The van der Waals surface area contributed by atoms with Gasteiger partial charge in [0.25, 0.3) is 11.8 Å². The SMILES string of the molecule is Cc1c(C(=O)N2CCC(c3ccc4c(c3)CN(C3CCC(=O)NC3=O)C4=O)CC2)[nH]c2ccc(Cl)cc12. The van der Waals surface area contributed by atoms with E-state index in [4.69, 9.17) is 11.6 Å². The van der Waals surface area contributed by atoms with E-state index in [9.17, 15) is 19.2 Å². The number of H-pyrrole nitrogens is 1. The Hall–Kier alpha value is -3.65. The zero-order valence-corrected chi connectivity index (χ0v) is 21.2. The Kier molecular flexibility index (Phi) is 5.79. The van der Waals surface area contributed by atoms with E-state index in [1.807, 2.05) is 42.2 Å². The first kappa shape index (κ1) is 23.7. The van der Waals surface area contributed by atoms with Crippen LogP contribution in [0.4, 0.5) is 0 Å². The fourth-order valence-corrected chi connectivity index (χ4v) is 6.11. The van der Waals surface area contributed by atoms with Crippen molar-refractivity contribution in [2.75, 3.05) is 13.1 Å². The average molecular weight is 519 g/mol. The Morgan fingerprint density at radius 2 is 1.81 bits per heavy atom. The lowest BCUT2D eigenvalue weighted by molar-refractivity contribution is -0.136. The van der Waals surface area contributed by atoms with E-state index < -0.39 is 11.9 Å². The molecule has 2 N–H and O–H groups in total. The van der Waals surface area contributed by atoms with Gasteiger partial charge < -0.3 is 14.8 Å². The molecule has 3 aromatic rings. The first-order chi connectivity index (χ1) is 17.8. The van der Waals surface area contributed by atoms with Crippen molar-refractivity contribution in [3.05, 3.63) is 69.4 Å². The Morgan fingerprint density at radius 1 is 1.03 bits per heavy atom. The van der Waals surface area contributed by atoms with Crippen molar-refractivity contribution < 1.29 is 19.2 Å². The number of nitrogens with one attached hydrogen (secondary N) is 2. The minimum Gasteiger partial charge on any atom is -0.350 e. The summed E-state index contributed by atoms with van der Waals surface area (Å²) in [5.41, 5.74) is 5.11. The molecule has 0 radical (unpaired) electrons. The molecule has 37 heavy (non-hydrogen) atoms. The van der Waals surface area contributed by atoms with Crippen molar-refractivity contribution in [2.45, 2.75) is 51.1 Å². The molecule has 0 spiro atoms. The molecule has 2 aromatic carbocycles. The number of carbonyl (C=O) groups excluding carboxylic acids is 4. The monoisotopic (exact) mass is 518 g/mol. The topological polar surface area (TPSA) is 103 Å². The van der Waals surface area contributed by atoms with Crippen molar-refractivity contribution in [3.8, 4) is 0 Å². The van der Waals surface area contributed by atoms with Gasteiger partial charge in [0.15, 0.2) is 0 Å². The number of aromatic nitrogens is 1. The summed E-state index contributed by atoms with van der Waals surface area (Å²) in [5, 5.41) is 3.95. The summed E-state index contributed by atoms with van der Waals surface area (Å²) in [5.74, 6) is -0.560. The molecule has 3 aliphatic heterocycles. The maximum Gasteiger partial charge on any atom is 0.270 e. The molecule has 8 nitrogen and oxygen atoms in total. The smallest absolute Gasteiger partial charge is 0.270 e. The number of nitrogens with zero attached hydrogens (tertiary/aromatic N) is 2. The van der Waals surface area contributed by atoms with Gasteiger partial charge in [-0.15, -0.1) is 0 Å². The predicted octanol–water partition coefficient (Wildman–Crippen LogP) is 3.91. The molecule has 9 heteroatoms. The highest BCUT2D eigenvalue weighted by atomic mass is 35.5. The molecule has 2 saturated heterocycles. The molecule has 0 aliphatic carbocycles. The first-order valence-corrected chi connectivity index (χ1v) is 13.0. The minimum absolute atomic E-state index is 0.00250. The van der Waals surface area contributed by atoms with E-state index in [-0.39, 0.29) is 30.1 Å². The quantitative estimate of drug-likeness (QED) is 0.513. The van der Waals surface area contributed by atoms with E-state index in [0.29, 0.717) is 42.3 Å². The van der Waals surface area contributed by atoms with Crippen LogP contribution in [-0.4, -0.2) is 57.5 Å². The largest absolute Gasteiger partial charge is 0.350 e. The second-order valence-corrected chi connectivity index (χ2v) is 10.6. The van der Waals surface area contributed by atoms with Crippen molar-refractivity contribution in [1.82, 2.24) is 20.1 Å². The van der Waals surface area contributed by atoms with Crippen molar-refractivity contribution >= 4 is 46.1 Å². The Balaban J connectivity index is 1.13. The molecule has 1 unspecified atom stereocenters. The summed E-state index contributed by atoms with van der Waals surface area (Å²) in [4.78, 5) is 56.8. The standard InChI is InChI=1S/C28H27ClN4O4/c1-15-21-13-19(29)3-5-22(21)30-25(15)28(37)32-10-8-16(9-11-32)17-2-4-20-18(12-17)14-33(27(20)36)23-6-7-24(34)31-26(23)35/h2-5,12-13,16,23,30H,6-11,14H2,1H3,(H,31,34,35). The lowest BCUT2D eigenvalue weighted by atomic mass is 9.87. The first-order valence-electron chi connectivity index (χ1n) is 12.6. The normalized spacial score (nSPS) is 20.5. The van der Waals surface area contributed by atoms with Gasteiger partial charge in [-0.25, -0.2) is 0 Å². The van der Waals surface area contributed by atoms with Crippen LogP contribution in [0.1, 0.15) is 69.1 Å². The highest BCUT2D eigenvalue weighted by molar-refractivity contribution is 6.31. The number of halogens is 1. The number of aryl methyl sites for hydroxylation is 1. The molecule has 2 fully saturated rings. The molecule has 4 amide bonds. The van der Waals surface area contributed by atoms with Crippen molar-refractivity contribution in [1.29, 1.82) is 0 Å². The number of carbonyl (C=O) groups is 4. The van der Waals surface area contributed by atoms with Crippen LogP contribution < -0.4 is 5.32 Å². The molecular formula is C28H27ClN4O4. The van der Waals surface area contributed by atoms with Gasteiger partial charge in [0, 0.05) is 47.5 Å². The van der Waals surface area contributed by atoms with E-state index >= 15 is 0 Å². The molecule has 0 bridgehead atoms. The average Bonchev–Trinajstić information content (AvgIpc) is 3.39. The number of fused-ring (bicyclic) bond motifs is 2. The van der Waals surface area contributed by atoms with Crippen molar-refractivity contribution in [2.24, 2.45) is 0 Å². The van der Waals surface area contributed by atoms with Gasteiger partial charge in [0.2, 0.25) is 11.8 Å². The second-order valence-electron chi connectivity index (χ2n) is 10.2. The number of hydrogen-bond acceptors (Lipinski definition) is 4. The maximum atomic E-state index is 13.3. The summed E-state index contributed by atoms with van der Waals surface area (Å²) in [6.07, 6.45) is 2.26. The van der Waals surface area contributed by atoms with Gasteiger partial charge in [0.05, 0.1) is 0 Å². The lowest BCUT2D eigenvalue weighted by Crippen LogP contribution is -2.52. The molecule has 6 rings (SSSR count). The van der Waals surface area contributed by atoms with Crippen molar-refractivity contribution in [3.63, 3.8) is 0 Å². The number of rotatable bonds is 3. The van der Waals surface area contributed by atoms with Crippen LogP contribution in [0.3, 0.4) is 0 Å². The Bertz CT molecular complexity index is 1470. The van der Waals surface area contributed by atoms with E-state index in [2.05, 4.69) is 16.4 Å². The van der Waals surface area contributed by atoms with E-state index in [0.717, 1.165) is 40.4 Å². The van der Waals surface area contributed by atoms with Crippen LogP contribution in [0, 0.1) is 6.92 Å². The zero-order valence-electron chi connectivity index (χ0n) is 20.5. The Morgan fingerprint density at radius 3 is 2.57 bits per heavy atom. The zero-order chi connectivity index (χ0) is 25.8. The van der Waals surface area contributed by atoms with Crippen LogP contribution in [0.2, 0.25) is 5.02 Å². The van der Waals surface area contributed by atoms with Crippen LogP contribution in [0.25, 0.3) is 10.9 Å². The van der Waals surface area contributed by atoms with Gasteiger partial charge in [-0.1, -0.05) is 23.7 Å². The van der Waals surface area contributed by atoms with Gasteiger partial charge in [-0.05, 0) is 73.1 Å². The summed E-state index contributed by atoms with van der Waals surface area (Å²) in [7, 11) is 0. The molecule has 190 valence electrons. The molecule has 1 atom stereocenters. The summed E-state index contributed by atoms with van der Waals surface area (Å²) >= 11 is 6.14. The number of hydrogen-bond donors (Lipinski definition) is 2. The third-order valence-electron chi connectivity index (χ3n) is 8.04. The second kappa shape index (κ2) is 9.03. The number of piperidine rings is 2. The number of aromatic amines is 1. The minimum atomic E-state index is -0.612. The van der Waals surface area contributed by atoms with Gasteiger partial charge >= 0.3 is 0 Å². The van der Waals surface area contributed by atoms with E-state index in [1.165, 1.54) is 0 Å². The highest BCUT2D eigenvalue weighted by Gasteiger charge is 2.39. The number of likely N-dealkylation sites (tertiary alicyclic amines) is 1. The fraction of sp³-hybridized carbons (Fsp3) is 0.357. The van der Waals surface area contributed by atoms with Crippen LogP contribution in [-0.2, 0) is 16.1 Å². The van der Waals surface area contributed by atoms with Gasteiger partial charge in [-0.2, -0.15) is 0 Å². The number of benzene rings is 2. The molecular weight excluding hydrogens is 492 g/mol. The van der Waals surface area contributed by atoms with Crippen LogP contribution in [0.15, 0.2) is 36.4 Å². The third kappa shape index (κ3) is 4.09. The Labute approximate surface area is 218 Å². The predicted molar refractivity (Wildman–Crippen MR) is 138 cm³/mol. The third-order valence-corrected chi connectivity index (χ3v) is 8.27. The molecule has 4 heterocycles. The highest BCUT2D eigenvalue weighted by Crippen LogP contribution is 2.34. The van der Waals surface area contributed by atoms with Crippen LogP contribution in [0.5, 0.6) is 0 Å². The summed E-state index contributed by atoms with van der Waals surface area (Å²) in [6.45, 7) is 3.61. The summed E-state index contributed by atoms with van der Waals surface area (Å²) in [6, 6.07) is 10.9. The molecule has 3 aliphatic rings. The molecule has 1 aromatic heterocycles. The summed E-state index contributed by atoms with van der Waals surface area (Å²) < 4.78 is 0. The van der Waals surface area contributed by atoms with Gasteiger partial charge in [0.1, 0.15) is 11.7 Å². The fourth-order valence-electron chi connectivity index (χ4n) is 5.94. The number of imide groups is 1. The van der Waals surface area contributed by atoms with Crippen LogP contribution >= 0.6 is 11.6 Å². The molecule has 0 saturated carbocycles. The van der Waals surface area contributed by atoms with E-state index in [1.54, 1.807) is 4.90 Å². The lowest BCUT2D eigenvalue weighted by Gasteiger charge is -2.32. The number of amides is 4.